The third kappa shape index (κ3) is 8.79. The maximum atomic E-state index is 8.81. The fraction of sp³-hybridized carbons (Fsp3) is 0.429. The minimum absolute atomic E-state index is 0. The zero-order chi connectivity index (χ0) is 20.4. The second-order valence-corrected chi connectivity index (χ2v) is 7.57. The predicted octanol–water partition coefficient (Wildman–Crippen LogP) is 6.30. The highest BCUT2D eigenvalue weighted by molar-refractivity contribution is 6.35. The number of ether oxygens (including phenoxy) is 2. The summed E-state index contributed by atoms with van der Waals surface area (Å²) < 4.78 is 11.7. The Kier molecular flexibility index (Phi) is 12.8. The van der Waals surface area contributed by atoms with Crippen molar-refractivity contribution in [1.82, 2.24) is 5.32 Å². The van der Waals surface area contributed by atoms with Crippen LogP contribution in [0.1, 0.15) is 37.3 Å². The Morgan fingerprint density at radius 2 is 1.76 bits per heavy atom. The molecule has 4 nitrogen and oxygen atoms in total. The Morgan fingerprint density at radius 1 is 0.966 bits per heavy atom. The second kappa shape index (κ2) is 14.2. The Bertz CT molecular complexity index is 759. The molecule has 0 radical (unpaired) electrons. The summed E-state index contributed by atoms with van der Waals surface area (Å²) in [5.41, 5.74) is 1.84. The first-order valence-electron chi connectivity index (χ1n) is 9.38. The predicted molar refractivity (Wildman–Crippen MR) is 123 cm³/mol. The molecule has 2 N–H and O–H groups in total. The largest absolute Gasteiger partial charge is 0.490 e. The number of hydrogen-bond acceptors (Lipinski definition) is 4. The summed E-state index contributed by atoms with van der Waals surface area (Å²) in [7, 11) is 0. The molecule has 0 aliphatic rings. The summed E-state index contributed by atoms with van der Waals surface area (Å²) in [6, 6.07) is 9.10. The molecule has 8 heteroatoms. The monoisotopic (exact) mass is 481 g/mol. The van der Waals surface area contributed by atoms with Crippen molar-refractivity contribution < 1.29 is 14.6 Å². The lowest BCUT2D eigenvalue weighted by Crippen LogP contribution is -2.15. The van der Waals surface area contributed by atoms with Crippen LogP contribution in [0.2, 0.25) is 15.1 Å². The Hall–Kier alpha value is -0.880. The van der Waals surface area contributed by atoms with E-state index in [1.165, 1.54) is 0 Å². The van der Waals surface area contributed by atoms with Gasteiger partial charge in [0.05, 0.1) is 11.6 Å². The van der Waals surface area contributed by atoms with Gasteiger partial charge in [-0.15, -0.1) is 12.4 Å². The number of nitrogens with one attached hydrogen (secondary N) is 1. The van der Waals surface area contributed by atoms with Gasteiger partial charge in [0.25, 0.3) is 0 Å². The number of halogens is 4. The molecule has 0 saturated heterocycles. The van der Waals surface area contributed by atoms with Gasteiger partial charge in [0.15, 0.2) is 11.5 Å². The van der Waals surface area contributed by atoms with Crippen LogP contribution in [-0.4, -0.2) is 24.9 Å². The molecule has 2 aromatic rings. The number of aliphatic hydroxyl groups excluding tert-OH is 1. The van der Waals surface area contributed by atoms with Crippen LogP contribution in [0.15, 0.2) is 30.3 Å². The summed E-state index contributed by atoms with van der Waals surface area (Å²) in [5, 5.41) is 13.8. The fourth-order valence-electron chi connectivity index (χ4n) is 2.69. The van der Waals surface area contributed by atoms with E-state index in [2.05, 4.69) is 5.32 Å². The SMILES string of the molecule is CCOc1cc(CNCCCCCO)cc(Cl)c1OCc1ccc(Cl)cc1Cl.Cl. The Morgan fingerprint density at radius 3 is 2.45 bits per heavy atom. The van der Waals surface area contributed by atoms with Crippen molar-refractivity contribution in [3.8, 4) is 11.5 Å². The summed E-state index contributed by atoms with van der Waals surface area (Å²) in [6.07, 6.45) is 2.87. The van der Waals surface area contributed by atoms with Crippen LogP contribution >= 0.6 is 47.2 Å². The standard InChI is InChI=1S/C21H26Cl3NO3.ClH/c1-2-27-20-11-15(13-25-8-4-3-5-9-26)10-19(24)21(20)28-14-16-6-7-17(22)12-18(16)23;/h6-7,10-12,25-26H,2-5,8-9,13-14H2,1H3;1H. The Balaban J connectivity index is 0.00000420. The lowest BCUT2D eigenvalue weighted by molar-refractivity contribution is 0.269. The molecule has 0 saturated carbocycles. The first-order chi connectivity index (χ1) is 13.5. The minimum atomic E-state index is 0. The fourth-order valence-corrected chi connectivity index (χ4v) is 3.44. The first-order valence-corrected chi connectivity index (χ1v) is 10.5. The number of unbranched alkanes of at least 4 members (excludes halogenated alkanes) is 2. The molecule has 0 heterocycles. The maximum absolute atomic E-state index is 8.81. The van der Waals surface area contributed by atoms with Gasteiger partial charge >= 0.3 is 0 Å². The molecule has 0 aliphatic heterocycles. The number of rotatable bonds is 12. The van der Waals surface area contributed by atoms with Crippen LogP contribution in [0.5, 0.6) is 11.5 Å². The van der Waals surface area contributed by atoms with E-state index in [0.29, 0.717) is 39.7 Å². The topological polar surface area (TPSA) is 50.7 Å². The average molecular weight is 483 g/mol. The zero-order valence-electron chi connectivity index (χ0n) is 16.3. The van der Waals surface area contributed by atoms with Gasteiger partial charge in [0.1, 0.15) is 6.61 Å². The van der Waals surface area contributed by atoms with E-state index in [4.69, 9.17) is 49.4 Å². The Labute approximate surface area is 193 Å². The molecule has 0 unspecified atom stereocenters. The van der Waals surface area contributed by atoms with Gasteiger partial charge in [-0.3, -0.25) is 0 Å². The highest BCUT2D eigenvalue weighted by Gasteiger charge is 2.14. The van der Waals surface area contributed by atoms with Gasteiger partial charge in [-0.2, -0.15) is 0 Å². The van der Waals surface area contributed by atoms with Crippen LogP contribution in [0, 0.1) is 0 Å². The highest BCUT2D eigenvalue weighted by atomic mass is 35.5. The third-order valence-electron chi connectivity index (χ3n) is 4.10. The third-order valence-corrected chi connectivity index (χ3v) is 4.96. The first kappa shape index (κ1) is 26.2. The van der Waals surface area contributed by atoms with Gasteiger partial charge in [-0.1, -0.05) is 40.9 Å². The highest BCUT2D eigenvalue weighted by Crippen LogP contribution is 2.37. The molecule has 29 heavy (non-hydrogen) atoms. The lowest BCUT2D eigenvalue weighted by Gasteiger charge is -2.16. The molecule has 0 fully saturated rings. The quantitative estimate of drug-likeness (QED) is 0.348. The number of benzene rings is 2. The van der Waals surface area contributed by atoms with Crippen LogP contribution in [0.25, 0.3) is 0 Å². The van der Waals surface area contributed by atoms with Crippen molar-refractivity contribution in [3.63, 3.8) is 0 Å². The maximum Gasteiger partial charge on any atom is 0.180 e. The van der Waals surface area contributed by atoms with Crippen molar-refractivity contribution in [2.24, 2.45) is 0 Å². The van der Waals surface area contributed by atoms with E-state index in [1.807, 2.05) is 25.1 Å². The summed E-state index contributed by atoms with van der Waals surface area (Å²) in [4.78, 5) is 0. The molecule has 162 valence electrons. The molecule has 2 rings (SSSR count). The zero-order valence-corrected chi connectivity index (χ0v) is 19.4. The van der Waals surface area contributed by atoms with Crippen molar-refractivity contribution in [3.05, 3.63) is 56.5 Å². The molecule has 2 aromatic carbocycles. The molecule has 0 atom stereocenters. The minimum Gasteiger partial charge on any atom is -0.490 e. The molecule has 0 bridgehead atoms. The number of aliphatic hydroxyl groups is 1. The van der Waals surface area contributed by atoms with Crippen molar-refractivity contribution >= 4 is 47.2 Å². The molecule has 0 aromatic heterocycles. The van der Waals surface area contributed by atoms with Gasteiger partial charge in [0, 0.05) is 28.8 Å². The molecular formula is C21H27Cl4NO3. The molecular weight excluding hydrogens is 456 g/mol. The van der Waals surface area contributed by atoms with Gasteiger partial charge in [0.2, 0.25) is 0 Å². The summed E-state index contributed by atoms with van der Waals surface area (Å²) in [5.74, 6) is 1.11. The van der Waals surface area contributed by atoms with Crippen LogP contribution in [-0.2, 0) is 13.2 Å². The van der Waals surface area contributed by atoms with E-state index in [-0.39, 0.29) is 25.6 Å². The molecule has 0 spiro atoms. The van der Waals surface area contributed by atoms with E-state index >= 15 is 0 Å². The summed E-state index contributed by atoms with van der Waals surface area (Å²) in [6.45, 7) is 4.50. The van der Waals surface area contributed by atoms with E-state index in [9.17, 15) is 0 Å². The van der Waals surface area contributed by atoms with E-state index in [1.54, 1.807) is 12.1 Å². The second-order valence-electron chi connectivity index (χ2n) is 6.32. The van der Waals surface area contributed by atoms with Crippen molar-refractivity contribution in [1.29, 1.82) is 0 Å². The molecule has 0 amide bonds. The van der Waals surface area contributed by atoms with Crippen LogP contribution in [0.3, 0.4) is 0 Å². The average Bonchev–Trinajstić information content (AvgIpc) is 2.65. The van der Waals surface area contributed by atoms with Gasteiger partial charge in [-0.05, 0) is 62.6 Å². The van der Waals surface area contributed by atoms with Crippen molar-refractivity contribution in [2.75, 3.05) is 19.8 Å². The van der Waals surface area contributed by atoms with Gasteiger partial charge in [-0.25, -0.2) is 0 Å². The van der Waals surface area contributed by atoms with Gasteiger partial charge < -0.3 is 19.9 Å². The number of hydrogen-bond donors (Lipinski definition) is 2. The van der Waals surface area contributed by atoms with E-state index in [0.717, 1.165) is 36.9 Å². The van der Waals surface area contributed by atoms with Crippen LogP contribution < -0.4 is 14.8 Å². The lowest BCUT2D eigenvalue weighted by atomic mass is 10.2. The molecule has 0 aliphatic carbocycles. The smallest absolute Gasteiger partial charge is 0.180 e. The van der Waals surface area contributed by atoms with E-state index < -0.39 is 0 Å². The van der Waals surface area contributed by atoms with Crippen molar-refractivity contribution in [2.45, 2.75) is 39.3 Å². The van der Waals surface area contributed by atoms with Crippen LogP contribution in [0.4, 0.5) is 0 Å². The normalized spacial score (nSPS) is 10.5. The summed E-state index contributed by atoms with van der Waals surface area (Å²) >= 11 is 18.6.